The summed E-state index contributed by atoms with van der Waals surface area (Å²) in [4.78, 5) is 25.0. The Morgan fingerprint density at radius 2 is 1.84 bits per heavy atom. The molecule has 1 aromatic carbocycles. The molecule has 2 rings (SSSR count). The second-order valence-electron chi connectivity index (χ2n) is 4.59. The molecule has 1 fully saturated rings. The first-order chi connectivity index (χ1) is 8.97. The van der Waals surface area contributed by atoms with Gasteiger partial charge in [0.1, 0.15) is 0 Å². The van der Waals surface area contributed by atoms with Crippen LogP contribution in [0.3, 0.4) is 0 Å². The minimum absolute atomic E-state index is 0.118. The molecule has 0 unspecified atom stereocenters. The van der Waals surface area contributed by atoms with Crippen molar-refractivity contribution in [2.75, 3.05) is 13.1 Å². The maximum atomic E-state index is 12.4. The number of rotatable bonds is 2. The number of hydrogen-bond acceptors (Lipinski definition) is 2. The van der Waals surface area contributed by atoms with Gasteiger partial charge in [-0.3, -0.25) is 9.59 Å². The Hall–Kier alpha value is -0.880. The standard InChI is InChI=1S/C13H13Br2NO3/c14-10-4-9(5-11(15)6-10)12(17)16-3-1-2-8(7-16)13(18)19/h4-6,8H,1-3,7H2,(H,18,19)/t8-/m0/s1. The van der Waals surface area contributed by atoms with Gasteiger partial charge in [-0.2, -0.15) is 0 Å². The molecule has 0 radical (unpaired) electrons. The SMILES string of the molecule is O=C(O)[C@H]1CCCN(C(=O)c2cc(Br)cc(Br)c2)C1. The van der Waals surface area contributed by atoms with E-state index >= 15 is 0 Å². The summed E-state index contributed by atoms with van der Waals surface area (Å²) in [5, 5.41) is 9.04. The molecule has 1 atom stereocenters. The molecule has 6 heteroatoms. The van der Waals surface area contributed by atoms with Crippen molar-refractivity contribution in [1.29, 1.82) is 0 Å². The van der Waals surface area contributed by atoms with Crippen LogP contribution in [-0.2, 0) is 4.79 Å². The molecule has 1 aromatic rings. The van der Waals surface area contributed by atoms with Gasteiger partial charge < -0.3 is 10.0 Å². The summed E-state index contributed by atoms with van der Waals surface area (Å²) in [6.45, 7) is 0.908. The third-order valence-electron chi connectivity index (χ3n) is 3.17. The Kier molecular flexibility index (Phi) is 4.62. The summed E-state index contributed by atoms with van der Waals surface area (Å²) in [6.07, 6.45) is 1.37. The molecule has 4 nitrogen and oxygen atoms in total. The summed E-state index contributed by atoms with van der Waals surface area (Å²) < 4.78 is 1.63. The Morgan fingerprint density at radius 3 is 2.42 bits per heavy atom. The van der Waals surface area contributed by atoms with Crippen molar-refractivity contribution in [1.82, 2.24) is 4.90 Å². The van der Waals surface area contributed by atoms with E-state index in [1.54, 1.807) is 17.0 Å². The number of carboxylic acids is 1. The van der Waals surface area contributed by atoms with E-state index in [9.17, 15) is 9.59 Å². The first-order valence-electron chi connectivity index (χ1n) is 5.95. The van der Waals surface area contributed by atoms with Gasteiger partial charge in [-0.25, -0.2) is 0 Å². The number of amides is 1. The monoisotopic (exact) mass is 389 g/mol. The van der Waals surface area contributed by atoms with Gasteiger partial charge in [0.15, 0.2) is 0 Å². The molecule has 19 heavy (non-hydrogen) atoms. The first-order valence-corrected chi connectivity index (χ1v) is 7.54. The Morgan fingerprint density at radius 1 is 1.21 bits per heavy atom. The molecule has 1 saturated heterocycles. The number of carboxylic acid groups (broad SMARTS) is 1. The van der Waals surface area contributed by atoms with E-state index < -0.39 is 11.9 Å². The zero-order valence-electron chi connectivity index (χ0n) is 10.1. The zero-order valence-corrected chi connectivity index (χ0v) is 13.3. The number of piperidine rings is 1. The number of carbonyl (C=O) groups is 2. The number of nitrogens with zero attached hydrogens (tertiary/aromatic N) is 1. The second-order valence-corrected chi connectivity index (χ2v) is 6.42. The van der Waals surface area contributed by atoms with Gasteiger partial charge in [0, 0.05) is 27.6 Å². The molecule has 0 spiro atoms. The van der Waals surface area contributed by atoms with Crippen LogP contribution in [0, 0.1) is 5.92 Å². The quantitative estimate of drug-likeness (QED) is 0.843. The molecule has 0 saturated carbocycles. The number of likely N-dealkylation sites (tertiary alicyclic amines) is 1. The van der Waals surface area contributed by atoms with Gasteiger partial charge in [0.2, 0.25) is 0 Å². The van der Waals surface area contributed by atoms with Crippen molar-refractivity contribution in [2.24, 2.45) is 5.92 Å². The molecule has 0 aliphatic carbocycles. The van der Waals surface area contributed by atoms with Gasteiger partial charge >= 0.3 is 5.97 Å². The van der Waals surface area contributed by atoms with Crippen LogP contribution in [0.15, 0.2) is 27.1 Å². The van der Waals surface area contributed by atoms with Crippen molar-refractivity contribution < 1.29 is 14.7 Å². The van der Waals surface area contributed by atoms with E-state index in [2.05, 4.69) is 31.9 Å². The van der Waals surface area contributed by atoms with Crippen molar-refractivity contribution in [3.8, 4) is 0 Å². The maximum Gasteiger partial charge on any atom is 0.308 e. The van der Waals surface area contributed by atoms with E-state index in [1.807, 2.05) is 6.07 Å². The fourth-order valence-electron chi connectivity index (χ4n) is 2.22. The maximum absolute atomic E-state index is 12.4. The molecule has 1 N–H and O–H groups in total. The number of halogens is 2. The Labute approximate surface area is 128 Å². The zero-order chi connectivity index (χ0) is 14.0. The van der Waals surface area contributed by atoms with Crippen LogP contribution in [0.2, 0.25) is 0 Å². The van der Waals surface area contributed by atoms with E-state index in [4.69, 9.17) is 5.11 Å². The van der Waals surface area contributed by atoms with Crippen molar-refractivity contribution in [3.63, 3.8) is 0 Å². The van der Waals surface area contributed by atoms with Crippen LogP contribution in [0.4, 0.5) is 0 Å². The van der Waals surface area contributed by atoms with Crippen LogP contribution < -0.4 is 0 Å². The number of hydrogen-bond donors (Lipinski definition) is 1. The topological polar surface area (TPSA) is 57.6 Å². The van der Waals surface area contributed by atoms with Crippen molar-refractivity contribution >= 4 is 43.7 Å². The molecule has 1 aliphatic rings. The van der Waals surface area contributed by atoms with Gasteiger partial charge in [-0.05, 0) is 31.0 Å². The summed E-state index contributed by atoms with van der Waals surface area (Å²) in [7, 11) is 0. The van der Waals surface area contributed by atoms with Gasteiger partial charge in [-0.1, -0.05) is 31.9 Å². The van der Waals surface area contributed by atoms with Crippen molar-refractivity contribution in [3.05, 3.63) is 32.7 Å². The third-order valence-corrected chi connectivity index (χ3v) is 4.08. The molecule has 0 aromatic heterocycles. The van der Waals surface area contributed by atoms with E-state index in [0.29, 0.717) is 18.5 Å². The van der Waals surface area contributed by atoms with Crippen LogP contribution in [0.1, 0.15) is 23.2 Å². The average molecular weight is 391 g/mol. The van der Waals surface area contributed by atoms with Gasteiger partial charge in [0.05, 0.1) is 5.92 Å². The molecular formula is C13H13Br2NO3. The smallest absolute Gasteiger partial charge is 0.308 e. The number of benzene rings is 1. The van der Waals surface area contributed by atoms with E-state index in [-0.39, 0.29) is 12.5 Å². The molecule has 1 heterocycles. The highest BCUT2D eigenvalue weighted by Gasteiger charge is 2.28. The highest BCUT2D eigenvalue weighted by atomic mass is 79.9. The second kappa shape index (κ2) is 6.05. The normalized spacial score (nSPS) is 19.3. The molecule has 1 aliphatic heterocycles. The van der Waals surface area contributed by atoms with Crippen LogP contribution in [0.25, 0.3) is 0 Å². The average Bonchev–Trinajstić information content (AvgIpc) is 2.37. The predicted octanol–water partition coefficient (Wildman–Crippen LogP) is 3.15. The predicted molar refractivity (Wildman–Crippen MR) is 78.1 cm³/mol. The highest BCUT2D eigenvalue weighted by molar-refractivity contribution is 9.11. The Bertz CT molecular complexity index is 498. The van der Waals surface area contributed by atoms with Crippen molar-refractivity contribution in [2.45, 2.75) is 12.8 Å². The van der Waals surface area contributed by atoms with Gasteiger partial charge in [0.25, 0.3) is 5.91 Å². The van der Waals surface area contributed by atoms with E-state index in [0.717, 1.165) is 15.4 Å². The van der Waals surface area contributed by atoms with E-state index in [1.165, 1.54) is 0 Å². The number of aliphatic carboxylic acids is 1. The lowest BCUT2D eigenvalue weighted by Gasteiger charge is -2.30. The first kappa shape index (κ1) is 14.5. The van der Waals surface area contributed by atoms with Crippen LogP contribution in [-0.4, -0.2) is 35.0 Å². The van der Waals surface area contributed by atoms with Crippen LogP contribution in [0.5, 0.6) is 0 Å². The minimum Gasteiger partial charge on any atom is -0.481 e. The summed E-state index contributed by atoms with van der Waals surface area (Å²) in [6, 6.07) is 5.35. The third kappa shape index (κ3) is 3.57. The summed E-state index contributed by atoms with van der Waals surface area (Å²) >= 11 is 6.69. The molecule has 102 valence electrons. The lowest BCUT2D eigenvalue weighted by molar-refractivity contribution is -0.143. The Balaban J connectivity index is 2.16. The lowest BCUT2D eigenvalue weighted by atomic mass is 9.97. The summed E-state index contributed by atoms with van der Waals surface area (Å²) in [5.41, 5.74) is 0.562. The number of carbonyl (C=O) groups excluding carboxylic acids is 1. The minimum atomic E-state index is -0.826. The lowest BCUT2D eigenvalue weighted by Crippen LogP contribution is -2.42. The largest absolute Gasteiger partial charge is 0.481 e. The highest BCUT2D eigenvalue weighted by Crippen LogP contribution is 2.23. The van der Waals surface area contributed by atoms with Crippen LogP contribution >= 0.6 is 31.9 Å². The van der Waals surface area contributed by atoms with Gasteiger partial charge in [-0.15, -0.1) is 0 Å². The molecule has 0 bridgehead atoms. The fraction of sp³-hybridized carbons (Fsp3) is 0.385. The molecule has 1 amide bonds. The molecular weight excluding hydrogens is 378 g/mol. The summed E-state index contributed by atoms with van der Waals surface area (Å²) in [5.74, 6) is -1.39. The fourth-order valence-corrected chi connectivity index (χ4v) is 3.52.